The van der Waals surface area contributed by atoms with E-state index in [0.717, 1.165) is 18.4 Å². The number of hydrogen-bond donors (Lipinski definition) is 0. The fraction of sp³-hybridized carbons (Fsp3) is 0.312. The molecule has 0 atom stereocenters. The van der Waals surface area contributed by atoms with Crippen molar-refractivity contribution in [3.05, 3.63) is 52.3 Å². The van der Waals surface area contributed by atoms with Gasteiger partial charge in [-0.25, -0.2) is 4.68 Å². The zero-order valence-corrected chi connectivity index (χ0v) is 12.6. The second-order valence-corrected chi connectivity index (χ2v) is 5.26. The minimum Gasteiger partial charge on any atom is -0.281 e. The van der Waals surface area contributed by atoms with Crippen LogP contribution in [0.1, 0.15) is 25.3 Å². The second-order valence-electron chi connectivity index (χ2n) is 4.83. The van der Waals surface area contributed by atoms with Crippen molar-refractivity contribution in [2.24, 2.45) is 0 Å². The Bertz CT molecular complexity index is 680. The van der Waals surface area contributed by atoms with Crippen molar-refractivity contribution in [2.75, 3.05) is 0 Å². The highest BCUT2D eigenvalue weighted by Gasteiger charge is 2.12. The van der Waals surface area contributed by atoms with Crippen LogP contribution in [0.2, 0.25) is 0 Å². The van der Waals surface area contributed by atoms with Crippen LogP contribution in [0.15, 0.2) is 41.2 Å². The third-order valence-corrected chi connectivity index (χ3v) is 3.30. The van der Waals surface area contributed by atoms with Crippen LogP contribution in [-0.2, 0) is 17.8 Å². The molecule has 0 fully saturated rings. The third kappa shape index (κ3) is 4.02. The van der Waals surface area contributed by atoms with E-state index in [0.29, 0.717) is 17.8 Å². The van der Waals surface area contributed by atoms with E-state index in [1.807, 2.05) is 30.3 Å². The van der Waals surface area contributed by atoms with Gasteiger partial charge in [-0.1, -0.05) is 43.7 Å². The Morgan fingerprint density at radius 3 is 2.62 bits per heavy atom. The van der Waals surface area contributed by atoms with Crippen molar-refractivity contribution in [2.45, 2.75) is 32.7 Å². The van der Waals surface area contributed by atoms with Crippen LogP contribution in [0.5, 0.6) is 0 Å². The first kappa shape index (κ1) is 15.4. The van der Waals surface area contributed by atoms with Gasteiger partial charge in [0.25, 0.3) is 5.56 Å². The van der Waals surface area contributed by atoms with E-state index in [4.69, 9.17) is 11.6 Å². The van der Waals surface area contributed by atoms with Crippen LogP contribution in [0.3, 0.4) is 0 Å². The summed E-state index contributed by atoms with van der Waals surface area (Å²) in [5.74, 6) is 0. The van der Waals surface area contributed by atoms with E-state index < -0.39 is 5.24 Å². The Morgan fingerprint density at radius 1 is 1.29 bits per heavy atom. The first-order valence-electron chi connectivity index (χ1n) is 6.96. The van der Waals surface area contributed by atoms with Crippen molar-refractivity contribution in [3.8, 4) is 11.3 Å². The predicted molar refractivity (Wildman–Crippen MR) is 83.4 cm³/mol. The molecule has 110 valence electrons. The molecule has 2 rings (SSSR count). The summed E-state index contributed by atoms with van der Waals surface area (Å²) in [6.45, 7) is 2.59. The average molecular weight is 305 g/mol. The summed E-state index contributed by atoms with van der Waals surface area (Å²) in [4.78, 5) is 23.4. The predicted octanol–water partition coefficient (Wildman–Crippen LogP) is 3.02. The number of carbonyl (C=O) groups is 1. The summed E-state index contributed by atoms with van der Waals surface area (Å²) >= 11 is 5.43. The fourth-order valence-corrected chi connectivity index (χ4v) is 2.23. The Kier molecular flexibility index (Phi) is 5.28. The van der Waals surface area contributed by atoms with Gasteiger partial charge in [0, 0.05) is 17.7 Å². The van der Waals surface area contributed by atoms with Gasteiger partial charge in [-0.3, -0.25) is 9.59 Å². The molecule has 5 heteroatoms. The average Bonchev–Trinajstić information content (AvgIpc) is 2.48. The number of rotatable bonds is 6. The number of carbonyl (C=O) groups excluding carboxylic acids is 1. The molecule has 0 amide bonds. The van der Waals surface area contributed by atoms with Gasteiger partial charge in [0.05, 0.1) is 12.1 Å². The van der Waals surface area contributed by atoms with Crippen molar-refractivity contribution in [1.82, 2.24) is 9.78 Å². The van der Waals surface area contributed by atoms with Gasteiger partial charge in [0.2, 0.25) is 5.24 Å². The molecule has 2 aromatic rings. The molecule has 0 spiro atoms. The lowest BCUT2D eigenvalue weighted by molar-refractivity contribution is -0.111. The van der Waals surface area contributed by atoms with Crippen LogP contribution >= 0.6 is 11.6 Å². The smallest absolute Gasteiger partial charge is 0.270 e. The summed E-state index contributed by atoms with van der Waals surface area (Å²) in [5.41, 5.74) is 1.74. The molecule has 0 radical (unpaired) electrons. The molecule has 0 aliphatic carbocycles. The van der Waals surface area contributed by atoms with Crippen LogP contribution in [0, 0.1) is 0 Å². The van der Waals surface area contributed by atoms with E-state index in [1.54, 1.807) is 6.07 Å². The molecule has 1 aromatic heterocycles. The molecule has 21 heavy (non-hydrogen) atoms. The van der Waals surface area contributed by atoms with Crippen LogP contribution in [-0.4, -0.2) is 15.0 Å². The molecule has 0 unspecified atom stereocenters. The quantitative estimate of drug-likeness (QED) is 0.771. The highest BCUT2D eigenvalue weighted by molar-refractivity contribution is 6.63. The lowest BCUT2D eigenvalue weighted by atomic mass is 10.1. The van der Waals surface area contributed by atoms with Crippen molar-refractivity contribution in [1.29, 1.82) is 0 Å². The molecular formula is C16H17ClN2O2. The SMILES string of the molecule is CCCCn1nc(-c2ccccc2)cc(CC(=O)Cl)c1=O. The molecule has 0 saturated heterocycles. The van der Waals surface area contributed by atoms with Crippen LogP contribution < -0.4 is 5.56 Å². The number of aromatic nitrogens is 2. The molecule has 4 nitrogen and oxygen atoms in total. The summed E-state index contributed by atoms with van der Waals surface area (Å²) in [6.07, 6.45) is 1.75. The van der Waals surface area contributed by atoms with Crippen molar-refractivity contribution in [3.63, 3.8) is 0 Å². The molecule has 0 aliphatic rings. The first-order valence-corrected chi connectivity index (χ1v) is 7.34. The van der Waals surface area contributed by atoms with Crippen LogP contribution in [0.4, 0.5) is 0 Å². The molecule has 1 aromatic carbocycles. The van der Waals surface area contributed by atoms with Gasteiger partial charge < -0.3 is 0 Å². The minimum absolute atomic E-state index is 0.0745. The highest BCUT2D eigenvalue weighted by atomic mass is 35.5. The summed E-state index contributed by atoms with van der Waals surface area (Å²) < 4.78 is 1.43. The van der Waals surface area contributed by atoms with Gasteiger partial charge in [0.15, 0.2) is 0 Å². The number of hydrogen-bond acceptors (Lipinski definition) is 3. The minimum atomic E-state index is -0.542. The monoisotopic (exact) mass is 304 g/mol. The zero-order chi connectivity index (χ0) is 15.2. The number of unbranched alkanes of at least 4 members (excludes halogenated alkanes) is 1. The summed E-state index contributed by atoms with van der Waals surface area (Å²) in [6, 6.07) is 11.2. The van der Waals surface area contributed by atoms with E-state index in [-0.39, 0.29) is 12.0 Å². The largest absolute Gasteiger partial charge is 0.281 e. The summed E-state index contributed by atoms with van der Waals surface area (Å²) in [5, 5.41) is 3.86. The van der Waals surface area contributed by atoms with E-state index in [1.165, 1.54) is 4.68 Å². The summed E-state index contributed by atoms with van der Waals surface area (Å²) in [7, 11) is 0. The Hall–Kier alpha value is -1.94. The Morgan fingerprint density at radius 2 is 2.00 bits per heavy atom. The van der Waals surface area contributed by atoms with Gasteiger partial charge >= 0.3 is 0 Å². The first-order chi connectivity index (χ1) is 10.1. The molecule has 0 saturated carbocycles. The Balaban J connectivity index is 2.50. The van der Waals surface area contributed by atoms with E-state index in [9.17, 15) is 9.59 Å². The van der Waals surface area contributed by atoms with Crippen molar-refractivity contribution < 1.29 is 4.79 Å². The van der Waals surface area contributed by atoms with Gasteiger partial charge in [0.1, 0.15) is 0 Å². The molecular weight excluding hydrogens is 288 g/mol. The van der Waals surface area contributed by atoms with Gasteiger partial charge in [-0.15, -0.1) is 0 Å². The standard InChI is InChI=1S/C16H17ClN2O2/c1-2-3-9-19-16(21)13(11-15(17)20)10-14(18-19)12-7-5-4-6-8-12/h4-8,10H,2-3,9,11H2,1H3. The second kappa shape index (κ2) is 7.18. The maximum Gasteiger partial charge on any atom is 0.270 e. The lowest BCUT2D eigenvalue weighted by Gasteiger charge is -2.09. The highest BCUT2D eigenvalue weighted by Crippen LogP contribution is 2.16. The normalized spacial score (nSPS) is 10.6. The molecule has 0 bridgehead atoms. The molecule has 1 heterocycles. The van der Waals surface area contributed by atoms with Gasteiger partial charge in [-0.2, -0.15) is 5.10 Å². The number of halogens is 1. The van der Waals surface area contributed by atoms with Crippen LogP contribution in [0.25, 0.3) is 11.3 Å². The topological polar surface area (TPSA) is 52.0 Å². The van der Waals surface area contributed by atoms with E-state index >= 15 is 0 Å². The molecule has 0 N–H and O–H groups in total. The maximum atomic E-state index is 12.3. The fourth-order valence-electron chi connectivity index (χ4n) is 2.08. The number of aryl methyl sites for hydroxylation is 1. The number of nitrogens with zero attached hydrogens (tertiary/aromatic N) is 2. The zero-order valence-electron chi connectivity index (χ0n) is 11.9. The van der Waals surface area contributed by atoms with E-state index in [2.05, 4.69) is 12.0 Å². The number of benzene rings is 1. The van der Waals surface area contributed by atoms with Gasteiger partial charge in [-0.05, 0) is 24.1 Å². The van der Waals surface area contributed by atoms with Crippen molar-refractivity contribution >= 4 is 16.8 Å². The maximum absolute atomic E-state index is 12.3. The Labute approximate surface area is 128 Å². The molecule has 0 aliphatic heterocycles. The lowest BCUT2D eigenvalue weighted by Crippen LogP contribution is -2.27. The third-order valence-electron chi connectivity index (χ3n) is 3.17.